The fourth-order valence-corrected chi connectivity index (χ4v) is 2.91. The zero-order chi connectivity index (χ0) is 17.6. The second-order valence-electron chi connectivity index (χ2n) is 5.55. The minimum atomic E-state index is -4.43. The van der Waals surface area contributed by atoms with Gasteiger partial charge in [-0.15, -0.1) is 5.10 Å². The van der Waals surface area contributed by atoms with Crippen molar-refractivity contribution in [2.75, 3.05) is 7.11 Å². The topological polar surface area (TPSA) is 39.4 Å². The Morgan fingerprint density at radius 2 is 1.80 bits per heavy atom. The van der Waals surface area contributed by atoms with Crippen molar-refractivity contribution in [1.29, 1.82) is 0 Å². The van der Waals surface area contributed by atoms with Crippen LogP contribution < -0.4 is 4.74 Å². The van der Waals surface area contributed by atoms with Crippen molar-refractivity contribution >= 4 is 16.3 Å². The summed E-state index contributed by atoms with van der Waals surface area (Å²) >= 11 is 0. The Bertz CT molecular complexity index is 1090. The highest BCUT2D eigenvalue weighted by Gasteiger charge is 2.31. The lowest BCUT2D eigenvalue weighted by molar-refractivity contribution is -0.137. The van der Waals surface area contributed by atoms with Gasteiger partial charge in [-0.25, -0.2) is 4.52 Å². The van der Waals surface area contributed by atoms with E-state index in [1.807, 2.05) is 36.4 Å². The first-order valence-electron chi connectivity index (χ1n) is 7.47. The predicted octanol–water partition coefficient (Wildman–Crippen LogP) is 4.58. The average molecular weight is 343 g/mol. The molecular formula is C18H12F3N3O. The van der Waals surface area contributed by atoms with Gasteiger partial charge >= 0.3 is 6.18 Å². The molecule has 0 atom stereocenters. The first-order chi connectivity index (χ1) is 12.0. The lowest BCUT2D eigenvalue weighted by atomic mass is 10.00. The van der Waals surface area contributed by atoms with Gasteiger partial charge in [0, 0.05) is 6.20 Å². The van der Waals surface area contributed by atoms with Crippen molar-refractivity contribution in [1.82, 2.24) is 14.8 Å². The molecular weight excluding hydrogens is 331 g/mol. The molecule has 0 unspecified atom stereocenters. The third-order valence-corrected chi connectivity index (χ3v) is 4.09. The number of rotatable bonds is 2. The molecule has 25 heavy (non-hydrogen) atoms. The largest absolute Gasteiger partial charge is 0.496 e. The van der Waals surface area contributed by atoms with Crippen molar-refractivity contribution in [2.45, 2.75) is 6.18 Å². The Hall–Kier alpha value is -3.09. The molecule has 2 aromatic carbocycles. The van der Waals surface area contributed by atoms with Crippen molar-refractivity contribution in [3.8, 4) is 17.0 Å². The standard InChI is InChI=1S/C18H12F3N3O/c1-25-15-9-6-11-4-2-3-5-13(11)16(15)17-14-8-7-12(18(19,20)21)10-24(14)23-22-17/h2-10H,1H3. The van der Waals surface area contributed by atoms with Crippen LogP contribution in [0.2, 0.25) is 0 Å². The molecule has 2 heterocycles. The fraction of sp³-hybridized carbons (Fsp3) is 0.111. The molecule has 7 heteroatoms. The number of pyridine rings is 1. The molecule has 4 nitrogen and oxygen atoms in total. The van der Waals surface area contributed by atoms with Crippen LogP contribution in [-0.4, -0.2) is 21.9 Å². The summed E-state index contributed by atoms with van der Waals surface area (Å²) in [4.78, 5) is 0. The van der Waals surface area contributed by atoms with Gasteiger partial charge in [0.15, 0.2) is 0 Å². The maximum atomic E-state index is 12.9. The second-order valence-corrected chi connectivity index (χ2v) is 5.55. The molecule has 0 spiro atoms. The summed E-state index contributed by atoms with van der Waals surface area (Å²) in [6.07, 6.45) is -3.50. The molecule has 2 aromatic heterocycles. The van der Waals surface area contributed by atoms with E-state index in [0.29, 0.717) is 22.5 Å². The number of hydrogen-bond acceptors (Lipinski definition) is 3. The van der Waals surface area contributed by atoms with Gasteiger partial charge in [0.25, 0.3) is 0 Å². The van der Waals surface area contributed by atoms with Crippen molar-refractivity contribution in [3.05, 3.63) is 60.3 Å². The Morgan fingerprint density at radius 3 is 2.56 bits per heavy atom. The van der Waals surface area contributed by atoms with E-state index in [0.717, 1.165) is 27.6 Å². The van der Waals surface area contributed by atoms with E-state index in [-0.39, 0.29) is 0 Å². The molecule has 0 fully saturated rings. The molecule has 4 rings (SSSR count). The molecule has 0 aliphatic carbocycles. The van der Waals surface area contributed by atoms with E-state index >= 15 is 0 Å². The summed E-state index contributed by atoms with van der Waals surface area (Å²) in [6, 6.07) is 13.8. The molecule has 126 valence electrons. The van der Waals surface area contributed by atoms with E-state index < -0.39 is 11.7 Å². The number of methoxy groups -OCH3 is 1. The zero-order valence-corrected chi connectivity index (χ0v) is 13.1. The Labute approximate surface area is 140 Å². The molecule has 0 radical (unpaired) electrons. The van der Waals surface area contributed by atoms with Gasteiger partial charge < -0.3 is 4.74 Å². The summed E-state index contributed by atoms with van der Waals surface area (Å²) in [5.41, 5.74) is 0.877. The van der Waals surface area contributed by atoms with E-state index in [1.165, 1.54) is 6.07 Å². The summed E-state index contributed by atoms with van der Waals surface area (Å²) in [5.74, 6) is 0.584. The molecule has 0 saturated heterocycles. The lowest BCUT2D eigenvalue weighted by Gasteiger charge is -2.11. The summed E-state index contributed by atoms with van der Waals surface area (Å²) in [5, 5.41) is 9.85. The van der Waals surface area contributed by atoms with E-state index in [2.05, 4.69) is 10.3 Å². The van der Waals surface area contributed by atoms with Crippen LogP contribution in [0.25, 0.3) is 27.5 Å². The van der Waals surface area contributed by atoms with Gasteiger partial charge in [0.2, 0.25) is 0 Å². The number of aromatic nitrogens is 3. The van der Waals surface area contributed by atoms with Gasteiger partial charge in [-0.05, 0) is 29.0 Å². The van der Waals surface area contributed by atoms with E-state index in [1.54, 1.807) is 7.11 Å². The third-order valence-electron chi connectivity index (χ3n) is 4.09. The van der Waals surface area contributed by atoms with Crippen molar-refractivity contribution in [3.63, 3.8) is 0 Å². The van der Waals surface area contributed by atoms with Crippen molar-refractivity contribution < 1.29 is 17.9 Å². The SMILES string of the molecule is COc1ccc2ccccc2c1-c1nnn2cc(C(F)(F)F)ccc12. The molecule has 0 amide bonds. The minimum absolute atomic E-state index is 0.474. The summed E-state index contributed by atoms with van der Waals surface area (Å²) in [7, 11) is 1.54. The van der Waals surface area contributed by atoms with Gasteiger partial charge in [-0.1, -0.05) is 35.5 Å². The molecule has 0 N–H and O–H groups in total. The average Bonchev–Trinajstić information content (AvgIpc) is 3.02. The minimum Gasteiger partial charge on any atom is -0.496 e. The van der Waals surface area contributed by atoms with Crippen LogP contribution in [-0.2, 0) is 6.18 Å². The zero-order valence-electron chi connectivity index (χ0n) is 13.1. The van der Waals surface area contributed by atoms with Gasteiger partial charge in [0.1, 0.15) is 11.4 Å². The summed E-state index contributed by atoms with van der Waals surface area (Å²) < 4.78 is 45.3. The first kappa shape index (κ1) is 15.4. The Morgan fingerprint density at radius 1 is 1.00 bits per heavy atom. The monoisotopic (exact) mass is 343 g/mol. The van der Waals surface area contributed by atoms with Crippen LogP contribution in [0, 0.1) is 0 Å². The highest BCUT2D eigenvalue weighted by atomic mass is 19.4. The molecule has 0 bridgehead atoms. The number of hydrogen-bond donors (Lipinski definition) is 0. The van der Waals surface area contributed by atoms with Crippen LogP contribution in [0.5, 0.6) is 5.75 Å². The number of ether oxygens (including phenoxy) is 1. The second kappa shape index (κ2) is 5.47. The Kier molecular flexibility index (Phi) is 3.38. The highest BCUT2D eigenvalue weighted by Crippen LogP contribution is 2.38. The smallest absolute Gasteiger partial charge is 0.417 e. The van der Waals surface area contributed by atoms with Crippen LogP contribution in [0.3, 0.4) is 0 Å². The summed E-state index contributed by atoms with van der Waals surface area (Å²) in [6.45, 7) is 0. The maximum Gasteiger partial charge on any atom is 0.417 e. The van der Waals surface area contributed by atoms with Gasteiger partial charge in [-0.3, -0.25) is 0 Å². The number of nitrogens with zero attached hydrogens (tertiary/aromatic N) is 3. The predicted molar refractivity (Wildman–Crippen MR) is 87.5 cm³/mol. The third kappa shape index (κ3) is 2.48. The molecule has 0 saturated carbocycles. The number of benzene rings is 2. The van der Waals surface area contributed by atoms with Crippen LogP contribution in [0.15, 0.2) is 54.7 Å². The molecule has 4 aromatic rings. The van der Waals surface area contributed by atoms with E-state index in [9.17, 15) is 13.2 Å². The van der Waals surface area contributed by atoms with Crippen molar-refractivity contribution in [2.24, 2.45) is 0 Å². The highest BCUT2D eigenvalue weighted by molar-refractivity contribution is 6.01. The maximum absolute atomic E-state index is 12.9. The lowest BCUT2D eigenvalue weighted by Crippen LogP contribution is -2.06. The normalized spacial score (nSPS) is 12.0. The molecule has 0 aliphatic rings. The Balaban J connectivity index is 2.01. The molecule has 0 aliphatic heterocycles. The fourth-order valence-electron chi connectivity index (χ4n) is 2.91. The van der Waals surface area contributed by atoms with Crippen LogP contribution in [0.1, 0.15) is 5.56 Å². The number of halogens is 3. The first-order valence-corrected chi connectivity index (χ1v) is 7.47. The van der Waals surface area contributed by atoms with Crippen LogP contribution in [0.4, 0.5) is 13.2 Å². The number of alkyl halides is 3. The van der Waals surface area contributed by atoms with Gasteiger partial charge in [0.05, 0.1) is 23.8 Å². The quantitative estimate of drug-likeness (QED) is 0.535. The van der Waals surface area contributed by atoms with Crippen LogP contribution >= 0.6 is 0 Å². The number of fused-ring (bicyclic) bond motifs is 2. The van der Waals surface area contributed by atoms with E-state index in [4.69, 9.17) is 4.74 Å². The van der Waals surface area contributed by atoms with Gasteiger partial charge in [-0.2, -0.15) is 13.2 Å².